The predicted molar refractivity (Wildman–Crippen MR) is 76.8 cm³/mol. The average molecular weight is 381 g/mol. The van der Waals surface area contributed by atoms with Crippen LogP contribution in [0.1, 0.15) is 13.8 Å². The lowest BCUT2D eigenvalue weighted by molar-refractivity contribution is -0.152. The highest BCUT2D eigenvalue weighted by Crippen LogP contribution is 1.90. The number of hydrogen-bond acceptors (Lipinski definition) is 10. The topological polar surface area (TPSA) is 124 Å². The van der Waals surface area contributed by atoms with Gasteiger partial charge in [-0.1, -0.05) is 0 Å². The van der Waals surface area contributed by atoms with E-state index in [-0.39, 0.29) is 25.5 Å². The van der Waals surface area contributed by atoms with Crippen LogP contribution in [0, 0.1) is 0 Å². The predicted octanol–water partition coefficient (Wildman–Crippen LogP) is 2.00. The van der Waals surface area contributed by atoms with Gasteiger partial charge in [0.2, 0.25) is 6.79 Å². The van der Waals surface area contributed by atoms with Crippen LogP contribution in [0.4, 0.5) is 9.59 Å². The largest absolute Gasteiger partial charge is 0.439 e. The molecule has 136 valence electrons. The third-order valence-electron chi connectivity index (χ3n) is 1.10. The minimum atomic E-state index is -1.05. The van der Waals surface area contributed by atoms with Crippen LogP contribution in [0.3, 0.4) is 0 Å². The first-order chi connectivity index (χ1) is 10.7. The summed E-state index contributed by atoms with van der Waals surface area (Å²) in [6.45, 7) is 2.22. The molecule has 0 rings (SSSR count). The Hall–Kier alpha value is -1.62. The summed E-state index contributed by atoms with van der Waals surface area (Å²) in [4.78, 5) is 39.3. The van der Waals surface area contributed by atoms with Gasteiger partial charge in [-0.05, 0) is 0 Å². The van der Waals surface area contributed by atoms with Gasteiger partial charge in [0.05, 0.1) is 0 Å². The van der Waals surface area contributed by atoms with Crippen LogP contribution in [0.25, 0.3) is 0 Å². The maximum atomic E-state index is 9.90. The standard InChI is InChI=1S/2C4H8O3.C3H2Cl2O4/c2*1-4(5)7-3-6-2;4-2(6)8-1-9-3(5)7/h2*3H2,1-2H3;1H2. The van der Waals surface area contributed by atoms with Gasteiger partial charge in [-0.2, -0.15) is 0 Å². The van der Waals surface area contributed by atoms with Crippen LogP contribution in [0.5, 0.6) is 0 Å². The summed E-state index contributed by atoms with van der Waals surface area (Å²) >= 11 is 9.33. The van der Waals surface area contributed by atoms with Crippen molar-refractivity contribution in [3.05, 3.63) is 0 Å². The zero-order chi connectivity index (χ0) is 18.7. The van der Waals surface area contributed by atoms with Gasteiger partial charge in [0.25, 0.3) is 0 Å². The van der Waals surface area contributed by atoms with E-state index in [0.29, 0.717) is 0 Å². The molecule has 0 aliphatic rings. The van der Waals surface area contributed by atoms with Crippen molar-refractivity contribution in [1.29, 1.82) is 0 Å². The molecule has 0 radical (unpaired) electrons. The third kappa shape index (κ3) is 44.9. The molecule has 0 saturated carbocycles. The molecule has 0 heterocycles. The second kappa shape index (κ2) is 20.4. The number of carbonyl (C=O) groups is 4. The van der Waals surface area contributed by atoms with Gasteiger partial charge in [-0.25, -0.2) is 9.59 Å². The normalized spacial score (nSPS) is 8.26. The van der Waals surface area contributed by atoms with Crippen molar-refractivity contribution in [3.63, 3.8) is 0 Å². The molecule has 0 aliphatic carbocycles. The van der Waals surface area contributed by atoms with Crippen molar-refractivity contribution >= 4 is 46.0 Å². The number of halogens is 2. The highest BCUT2D eigenvalue weighted by molar-refractivity contribution is 6.61. The molecule has 0 aromatic carbocycles. The summed E-state index contributed by atoms with van der Waals surface area (Å²) in [6, 6.07) is 0. The van der Waals surface area contributed by atoms with Crippen LogP contribution < -0.4 is 0 Å². The molecule has 0 fully saturated rings. The monoisotopic (exact) mass is 380 g/mol. The molecule has 0 atom stereocenters. The van der Waals surface area contributed by atoms with E-state index in [0.717, 1.165) is 0 Å². The fraction of sp³-hybridized carbons (Fsp3) is 0.636. The molecular formula is C11H18Cl2O10. The third-order valence-corrected chi connectivity index (χ3v) is 1.32. The maximum Gasteiger partial charge on any atom is 0.406 e. The van der Waals surface area contributed by atoms with Crippen molar-refractivity contribution in [2.24, 2.45) is 0 Å². The summed E-state index contributed by atoms with van der Waals surface area (Å²) in [7, 11) is 2.92. The second-order valence-electron chi connectivity index (χ2n) is 2.97. The fourth-order valence-electron chi connectivity index (χ4n) is 0.406. The summed E-state index contributed by atoms with van der Waals surface area (Å²) in [5, 5.41) is 0. The SMILES string of the molecule is COCOC(C)=O.COCOC(C)=O.O=C(Cl)OCOC(=O)Cl. The highest BCUT2D eigenvalue weighted by Gasteiger charge is 1.97. The zero-order valence-corrected chi connectivity index (χ0v) is 14.5. The molecule has 0 aliphatic heterocycles. The van der Waals surface area contributed by atoms with Crippen molar-refractivity contribution in [2.45, 2.75) is 13.8 Å². The van der Waals surface area contributed by atoms with Crippen LogP contribution in [-0.4, -0.2) is 57.4 Å². The number of hydrogen-bond donors (Lipinski definition) is 0. The van der Waals surface area contributed by atoms with Gasteiger partial charge in [0.1, 0.15) is 0 Å². The Labute approximate surface area is 142 Å². The van der Waals surface area contributed by atoms with Crippen LogP contribution >= 0.6 is 23.2 Å². The lowest BCUT2D eigenvalue weighted by atomic mass is 10.8. The van der Waals surface area contributed by atoms with Crippen molar-refractivity contribution in [2.75, 3.05) is 34.6 Å². The Balaban J connectivity index is -0.000000264. The number of esters is 2. The van der Waals surface area contributed by atoms with Gasteiger partial charge in [-0.3, -0.25) is 9.59 Å². The highest BCUT2D eigenvalue weighted by atomic mass is 35.5. The maximum absolute atomic E-state index is 9.90. The lowest BCUT2D eigenvalue weighted by Gasteiger charge is -1.96. The van der Waals surface area contributed by atoms with E-state index in [9.17, 15) is 19.2 Å². The smallest absolute Gasteiger partial charge is 0.406 e. The lowest BCUT2D eigenvalue weighted by Crippen LogP contribution is -2.02. The average Bonchev–Trinajstić information content (AvgIpc) is 2.43. The molecule has 0 N–H and O–H groups in total. The first-order valence-corrected chi connectivity index (χ1v) is 6.32. The summed E-state index contributed by atoms with van der Waals surface area (Å²) in [5.74, 6) is -0.635. The van der Waals surface area contributed by atoms with Gasteiger partial charge in [0.15, 0.2) is 13.6 Å². The van der Waals surface area contributed by atoms with E-state index in [2.05, 4.69) is 51.6 Å². The molecule has 10 nitrogen and oxygen atoms in total. The minimum absolute atomic E-state index is 0.0509. The zero-order valence-electron chi connectivity index (χ0n) is 13.0. The molecular weight excluding hydrogens is 363 g/mol. The van der Waals surface area contributed by atoms with E-state index in [4.69, 9.17) is 0 Å². The number of methoxy groups -OCH3 is 2. The number of rotatable bonds is 6. The van der Waals surface area contributed by atoms with Crippen LogP contribution in [-0.2, 0) is 38.0 Å². The van der Waals surface area contributed by atoms with Crippen LogP contribution in [0.2, 0.25) is 0 Å². The van der Waals surface area contributed by atoms with Gasteiger partial charge >= 0.3 is 22.8 Å². The first-order valence-electron chi connectivity index (χ1n) is 5.56. The second-order valence-corrected chi connectivity index (χ2v) is 3.58. The number of carbonyl (C=O) groups excluding carboxylic acids is 4. The molecule has 0 aromatic heterocycles. The molecule has 0 saturated heterocycles. The Morgan fingerprint density at radius 3 is 1.09 bits per heavy atom. The summed E-state index contributed by atoms with van der Waals surface area (Å²) in [6.07, 6.45) is 0. The first kappa shape index (κ1) is 26.3. The molecule has 0 aromatic rings. The molecule has 0 bridgehead atoms. The molecule has 0 spiro atoms. The minimum Gasteiger partial charge on any atom is -0.439 e. The summed E-state index contributed by atoms with van der Waals surface area (Å²) in [5.41, 5.74) is -2.10. The van der Waals surface area contributed by atoms with Crippen molar-refractivity contribution in [1.82, 2.24) is 0 Å². The van der Waals surface area contributed by atoms with Crippen molar-refractivity contribution < 1.29 is 47.6 Å². The Morgan fingerprint density at radius 1 is 0.652 bits per heavy atom. The van der Waals surface area contributed by atoms with E-state index < -0.39 is 17.6 Å². The Bertz CT molecular complexity index is 316. The van der Waals surface area contributed by atoms with Gasteiger partial charge in [0, 0.05) is 51.3 Å². The van der Waals surface area contributed by atoms with Crippen LogP contribution in [0.15, 0.2) is 0 Å². The Kier molecular flexibility index (Phi) is 23.3. The molecule has 0 amide bonds. The molecule has 0 unspecified atom stereocenters. The van der Waals surface area contributed by atoms with E-state index in [1.807, 2.05) is 0 Å². The number of ether oxygens (including phenoxy) is 6. The van der Waals surface area contributed by atoms with E-state index in [1.54, 1.807) is 0 Å². The molecule has 23 heavy (non-hydrogen) atoms. The van der Waals surface area contributed by atoms with E-state index >= 15 is 0 Å². The fourth-order valence-corrected chi connectivity index (χ4v) is 0.495. The Morgan fingerprint density at radius 2 is 0.957 bits per heavy atom. The summed E-state index contributed by atoms with van der Waals surface area (Å²) < 4.78 is 25.4. The quantitative estimate of drug-likeness (QED) is 0.292. The van der Waals surface area contributed by atoms with Crippen molar-refractivity contribution in [3.8, 4) is 0 Å². The van der Waals surface area contributed by atoms with E-state index in [1.165, 1.54) is 28.1 Å². The molecule has 12 heteroatoms. The van der Waals surface area contributed by atoms with Gasteiger partial charge < -0.3 is 28.4 Å². The van der Waals surface area contributed by atoms with Gasteiger partial charge in [-0.15, -0.1) is 0 Å².